The van der Waals surface area contributed by atoms with Gasteiger partial charge in [-0.2, -0.15) is 0 Å². The van der Waals surface area contributed by atoms with E-state index >= 15 is 0 Å². The topological polar surface area (TPSA) is 108 Å². The molecular formula is C33H46FN5O5Si. The SMILES string of the molecule is Cc1c(C(=O)N[C@@H]2CCN(C(=O)OC(C)(C)C)C2)c2ncnc(-c3ccc(F)cc3OCC3CC3)c2n1COCC[Si](C)(C)C. The van der Waals surface area contributed by atoms with Crippen molar-refractivity contribution < 1.29 is 28.2 Å². The van der Waals surface area contributed by atoms with Crippen LogP contribution >= 0.6 is 0 Å². The summed E-state index contributed by atoms with van der Waals surface area (Å²) in [4.78, 5) is 37.4. The Morgan fingerprint density at radius 2 is 1.89 bits per heavy atom. The Morgan fingerprint density at radius 1 is 1.13 bits per heavy atom. The molecule has 3 aromatic rings. The number of aromatic nitrogens is 3. The van der Waals surface area contributed by atoms with Gasteiger partial charge in [-0.3, -0.25) is 4.79 Å². The Bertz CT molecular complexity index is 1560. The lowest BCUT2D eigenvalue weighted by molar-refractivity contribution is 0.0290. The summed E-state index contributed by atoms with van der Waals surface area (Å²) in [5.74, 6) is 0.206. The molecule has 1 N–H and O–H groups in total. The van der Waals surface area contributed by atoms with E-state index in [4.69, 9.17) is 14.2 Å². The first kappa shape index (κ1) is 32.9. The Labute approximate surface area is 265 Å². The van der Waals surface area contributed by atoms with Gasteiger partial charge in [0.1, 0.15) is 41.4 Å². The molecule has 1 aliphatic carbocycles. The van der Waals surface area contributed by atoms with Crippen molar-refractivity contribution >= 4 is 31.1 Å². The van der Waals surface area contributed by atoms with Crippen LogP contribution in [0.3, 0.4) is 0 Å². The molecule has 2 aromatic heterocycles. The summed E-state index contributed by atoms with van der Waals surface area (Å²) in [6.45, 7) is 16.4. The fraction of sp³-hybridized carbons (Fsp3) is 0.576. The minimum absolute atomic E-state index is 0.204. The number of ether oxygens (including phenoxy) is 3. The largest absolute Gasteiger partial charge is 0.492 e. The second kappa shape index (κ2) is 13.1. The lowest BCUT2D eigenvalue weighted by atomic mass is 10.1. The third-order valence-corrected chi connectivity index (χ3v) is 9.79. The van der Waals surface area contributed by atoms with Gasteiger partial charge in [0.15, 0.2) is 0 Å². The summed E-state index contributed by atoms with van der Waals surface area (Å²) in [5.41, 5.74) is 2.77. The number of nitrogens with zero attached hydrogens (tertiary/aromatic N) is 4. The van der Waals surface area contributed by atoms with Crippen LogP contribution in [0.25, 0.3) is 22.3 Å². The fourth-order valence-electron chi connectivity index (χ4n) is 5.39. The molecule has 2 fully saturated rings. The van der Waals surface area contributed by atoms with Crippen LogP contribution in [0.2, 0.25) is 25.7 Å². The number of likely N-dealkylation sites (tertiary alicyclic amines) is 1. The molecule has 45 heavy (non-hydrogen) atoms. The maximum absolute atomic E-state index is 14.4. The van der Waals surface area contributed by atoms with E-state index < -0.39 is 19.5 Å². The van der Waals surface area contributed by atoms with Crippen LogP contribution in [0.5, 0.6) is 5.75 Å². The Balaban J connectivity index is 1.48. The number of fused-ring (bicyclic) bond motifs is 1. The average Bonchev–Trinajstić information content (AvgIpc) is 3.58. The highest BCUT2D eigenvalue weighted by atomic mass is 28.3. The highest BCUT2D eigenvalue weighted by Crippen LogP contribution is 2.38. The van der Waals surface area contributed by atoms with Crippen LogP contribution in [-0.4, -0.2) is 77.5 Å². The number of hydrogen-bond acceptors (Lipinski definition) is 7. The van der Waals surface area contributed by atoms with Gasteiger partial charge in [-0.25, -0.2) is 19.2 Å². The number of hydrogen-bond donors (Lipinski definition) is 1. The van der Waals surface area contributed by atoms with Crippen LogP contribution < -0.4 is 10.1 Å². The number of carbonyl (C=O) groups excluding carboxylic acids is 2. The molecule has 0 radical (unpaired) electrons. The first-order valence-corrected chi connectivity index (χ1v) is 19.5. The molecule has 1 saturated carbocycles. The first-order chi connectivity index (χ1) is 21.2. The molecule has 2 amide bonds. The van der Waals surface area contributed by atoms with E-state index in [9.17, 15) is 14.0 Å². The Kier molecular flexibility index (Phi) is 9.55. The van der Waals surface area contributed by atoms with Crippen LogP contribution in [0.4, 0.5) is 9.18 Å². The van der Waals surface area contributed by atoms with Crippen molar-refractivity contribution in [2.45, 2.75) is 91.0 Å². The molecule has 12 heteroatoms. The summed E-state index contributed by atoms with van der Waals surface area (Å²) in [5, 5.41) is 3.12. The molecule has 0 bridgehead atoms. The van der Waals surface area contributed by atoms with Gasteiger partial charge in [0.25, 0.3) is 5.91 Å². The van der Waals surface area contributed by atoms with Crippen LogP contribution in [0.15, 0.2) is 24.5 Å². The molecule has 1 aromatic carbocycles. The molecule has 1 saturated heterocycles. The summed E-state index contributed by atoms with van der Waals surface area (Å²) in [7, 11) is -1.33. The van der Waals surface area contributed by atoms with Gasteiger partial charge in [-0.1, -0.05) is 19.6 Å². The van der Waals surface area contributed by atoms with E-state index in [1.807, 2.05) is 32.3 Å². The summed E-state index contributed by atoms with van der Waals surface area (Å²) in [6.07, 6.45) is 3.86. The van der Waals surface area contributed by atoms with Crippen molar-refractivity contribution in [1.29, 1.82) is 0 Å². The zero-order chi connectivity index (χ0) is 32.5. The highest BCUT2D eigenvalue weighted by Gasteiger charge is 2.33. The quantitative estimate of drug-likeness (QED) is 0.191. The zero-order valence-electron chi connectivity index (χ0n) is 27.5. The summed E-state index contributed by atoms with van der Waals surface area (Å²) < 4.78 is 34.1. The van der Waals surface area contributed by atoms with Gasteiger partial charge in [-0.05, 0) is 71.1 Å². The lowest BCUT2D eigenvalue weighted by Gasteiger charge is -2.24. The van der Waals surface area contributed by atoms with Crippen molar-refractivity contribution in [2.24, 2.45) is 5.92 Å². The van der Waals surface area contributed by atoms with Gasteiger partial charge >= 0.3 is 6.09 Å². The van der Waals surface area contributed by atoms with Gasteiger partial charge < -0.3 is 29.0 Å². The normalized spacial score (nSPS) is 17.2. The van der Waals surface area contributed by atoms with Gasteiger partial charge in [-0.15, -0.1) is 0 Å². The molecule has 1 aliphatic heterocycles. The second-order valence-corrected chi connectivity index (χ2v) is 20.1. The number of halogens is 1. The maximum atomic E-state index is 14.4. The fourth-order valence-corrected chi connectivity index (χ4v) is 6.14. The predicted octanol–water partition coefficient (Wildman–Crippen LogP) is 6.39. The van der Waals surface area contributed by atoms with Crippen LogP contribution in [0.1, 0.15) is 56.1 Å². The summed E-state index contributed by atoms with van der Waals surface area (Å²) >= 11 is 0. The molecule has 1 atom stereocenters. The molecular weight excluding hydrogens is 593 g/mol. The smallest absolute Gasteiger partial charge is 0.410 e. The van der Waals surface area contributed by atoms with Crippen molar-refractivity contribution in [3.8, 4) is 17.0 Å². The number of benzene rings is 1. The third kappa shape index (κ3) is 8.21. The molecule has 0 unspecified atom stereocenters. The number of rotatable bonds is 11. The number of amides is 2. The maximum Gasteiger partial charge on any atom is 0.410 e. The van der Waals surface area contributed by atoms with Crippen molar-refractivity contribution in [3.63, 3.8) is 0 Å². The van der Waals surface area contributed by atoms with Gasteiger partial charge in [0, 0.05) is 51.1 Å². The minimum atomic E-state index is -1.33. The van der Waals surface area contributed by atoms with E-state index in [1.165, 1.54) is 18.5 Å². The van der Waals surface area contributed by atoms with E-state index in [0.717, 1.165) is 18.9 Å². The standard InChI is InChI=1S/C33H46FN5O5Si/c1-21-27(31(40)37-24-12-13-38(17-24)32(41)44-33(2,3)4)29-30(39(21)20-42-14-15-45(5,6)7)28(35-19-36-29)25-11-10-23(34)16-26(25)43-18-22-8-9-22/h10-11,16,19,22,24H,8-9,12-15,17-18,20H2,1-7H3,(H,37,40)/t24-/m1/s1. The van der Waals surface area contributed by atoms with E-state index in [0.29, 0.717) is 77.9 Å². The lowest BCUT2D eigenvalue weighted by Crippen LogP contribution is -2.40. The predicted molar refractivity (Wildman–Crippen MR) is 174 cm³/mol. The third-order valence-electron chi connectivity index (χ3n) is 8.08. The van der Waals surface area contributed by atoms with Crippen molar-refractivity contribution in [3.05, 3.63) is 41.6 Å². The number of carbonyl (C=O) groups is 2. The number of nitrogens with one attached hydrogen (secondary N) is 1. The monoisotopic (exact) mass is 639 g/mol. The van der Waals surface area contributed by atoms with Crippen LogP contribution in [-0.2, 0) is 16.2 Å². The zero-order valence-corrected chi connectivity index (χ0v) is 28.5. The molecule has 244 valence electrons. The molecule has 2 aliphatic rings. The van der Waals surface area contributed by atoms with E-state index in [2.05, 4.69) is 34.9 Å². The highest BCUT2D eigenvalue weighted by molar-refractivity contribution is 6.76. The minimum Gasteiger partial charge on any atom is -0.492 e. The van der Waals surface area contributed by atoms with E-state index in [1.54, 1.807) is 11.0 Å². The first-order valence-electron chi connectivity index (χ1n) is 15.8. The van der Waals surface area contributed by atoms with Crippen molar-refractivity contribution in [2.75, 3.05) is 26.3 Å². The van der Waals surface area contributed by atoms with E-state index in [-0.39, 0.29) is 24.8 Å². The molecule has 10 nitrogen and oxygen atoms in total. The van der Waals surface area contributed by atoms with Crippen LogP contribution in [0, 0.1) is 18.7 Å². The average molecular weight is 640 g/mol. The Hall–Kier alpha value is -3.51. The van der Waals surface area contributed by atoms with Gasteiger partial charge in [0.05, 0.1) is 17.7 Å². The van der Waals surface area contributed by atoms with Crippen molar-refractivity contribution in [1.82, 2.24) is 24.8 Å². The molecule has 5 rings (SSSR count). The second-order valence-electron chi connectivity index (χ2n) is 14.4. The molecule has 0 spiro atoms. The van der Waals surface area contributed by atoms with Gasteiger partial charge in [0.2, 0.25) is 0 Å². The Morgan fingerprint density at radius 3 is 2.58 bits per heavy atom. The summed E-state index contributed by atoms with van der Waals surface area (Å²) in [6, 6.07) is 5.20. The molecule has 3 heterocycles.